The number of halogens is 2. The molecule has 1 atom stereocenters. The molecule has 4 amide bonds. The Morgan fingerprint density at radius 2 is 1.75 bits per heavy atom. The second kappa shape index (κ2) is 15.0. The summed E-state index contributed by atoms with van der Waals surface area (Å²) in [6.07, 6.45) is 4.16. The lowest BCUT2D eigenvalue weighted by atomic mass is 10.00. The van der Waals surface area contributed by atoms with Gasteiger partial charge in [0.25, 0.3) is 0 Å². The minimum Gasteiger partial charge on any atom is -0.401 e. The van der Waals surface area contributed by atoms with Crippen molar-refractivity contribution in [3.05, 3.63) is 92.7 Å². The van der Waals surface area contributed by atoms with Crippen LogP contribution in [0.5, 0.6) is 0 Å². The van der Waals surface area contributed by atoms with Crippen LogP contribution in [0.15, 0.2) is 76.3 Å². The van der Waals surface area contributed by atoms with Crippen molar-refractivity contribution in [2.24, 2.45) is 5.10 Å². The average molecular weight is 646 g/mol. The summed E-state index contributed by atoms with van der Waals surface area (Å²) in [6.45, 7) is 3.13. The van der Waals surface area contributed by atoms with Gasteiger partial charge >= 0.3 is 17.9 Å². The van der Waals surface area contributed by atoms with Crippen LogP contribution in [0.1, 0.15) is 19.6 Å². The molecule has 44 heavy (non-hydrogen) atoms. The summed E-state index contributed by atoms with van der Waals surface area (Å²) in [4.78, 5) is 49.2. The number of allylic oxidation sites excluding steroid dienone is 1. The summed E-state index contributed by atoms with van der Waals surface area (Å²) in [5.74, 6) is 0.148. The summed E-state index contributed by atoms with van der Waals surface area (Å²) in [6, 6.07) is 14.1. The molecule has 0 saturated carbocycles. The molecular formula is C28H29Cl2N7O7. The van der Waals surface area contributed by atoms with Gasteiger partial charge in [-0.15, -0.1) is 0 Å². The van der Waals surface area contributed by atoms with Gasteiger partial charge in [0, 0.05) is 34.7 Å². The molecule has 1 unspecified atom stereocenters. The quantitative estimate of drug-likeness (QED) is 0.0851. The zero-order valence-electron chi connectivity index (χ0n) is 23.8. The van der Waals surface area contributed by atoms with Crippen LogP contribution in [0.25, 0.3) is 6.08 Å². The van der Waals surface area contributed by atoms with Crippen molar-refractivity contribution in [1.29, 1.82) is 0 Å². The Morgan fingerprint density at radius 3 is 2.30 bits per heavy atom. The number of urea groups is 2. The fourth-order valence-corrected chi connectivity index (χ4v) is 4.45. The Hall–Kier alpha value is -4.92. The molecule has 2 heterocycles. The van der Waals surface area contributed by atoms with E-state index in [9.17, 15) is 29.7 Å². The van der Waals surface area contributed by atoms with E-state index in [0.29, 0.717) is 38.5 Å². The number of carbonyl (C=O) groups is 3. The summed E-state index contributed by atoms with van der Waals surface area (Å²) >= 11 is 11.8. The van der Waals surface area contributed by atoms with Crippen LogP contribution in [-0.2, 0) is 4.79 Å². The first-order valence-electron chi connectivity index (χ1n) is 12.9. The van der Waals surface area contributed by atoms with E-state index >= 15 is 0 Å². The summed E-state index contributed by atoms with van der Waals surface area (Å²) in [5, 5.41) is 28.7. The zero-order chi connectivity index (χ0) is 32.4. The van der Waals surface area contributed by atoms with Gasteiger partial charge in [-0.2, -0.15) is 10.2 Å². The van der Waals surface area contributed by atoms with Crippen LogP contribution in [-0.4, -0.2) is 70.0 Å². The number of hydroxylamine groups is 2. The van der Waals surface area contributed by atoms with E-state index in [2.05, 4.69) is 15.8 Å². The molecule has 1 saturated heterocycles. The number of anilines is 2. The first-order valence-corrected chi connectivity index (χ1v) is 13.6. The Balaban J connectivity index is 0.000000317. The topological polar surface area (TPSA) is 174 Å². The number of hydrazone groups is 1. The summed E-state index contributed by atoms with van der Waals surface area (Å²) in [7, 11) is 1.67. The Bertz CT molecular complexity index is 1530. The summed E-state index contributed by atoms with van der Waals surface area (Å²) in [5.41, 5.74) is 2.29. The number of amides is 4. The number of nitrogens with one attached hydrogen (secondary N) is 2. The van der Waals surface area contributed by atoms with Gasteiger partial charge in [-0.1, -0.05) is 23.2 Å². The third-order valence-corrected chi connectivity index (χ3v) is 6.75. The van der Waals surface area contributed by atoms with Gasteiger partial charge in [-0.25, -0.2) is 9.59 Å². The molecule has 16 heteroatoms. The van der Waals surface area contributed by atoms with Gasteiger partial charge in [0.2, 0.25) is 0 Å². The SMILES string of the molecule is CC1(C)C(N(O)C(=O)Nc2ccc(Cl)cc2)N(c2ccc(Cl)cc2)C(=O)N1CC=O.CN/N=C/C=C/c1ccc([N+](=O)[O-])o1. The van der Waals surface area contributed by atoms with Gasteiger partial charge in [-0.05, 0) is 80.6 Å². The molecule has 1 fully saturated rings. The lowest BCUT2D eigenvalue weighted by Crippen LogP contribution is -2.58. The normalized spacial score (nSPS) is 15.7. The number of furan rings is 1. The molecule has 3 N–H and O–H groups in total. The van der Waals surface area contributed by atoms with Crippen LogP contribution >= 0.6 is 23.2 Å². The molecule has 14 nitrogen and oxygen atoms in total. The number of benzene rings is 2. The molecule has 0 aliphatic carbocycles. The maximum absolute atomic E-state index is 13.1. The Kier molecular flexibility index (Phi) is 11.4. The van der Waals surface area contributed by atoms with E-state index in [1.165, 1.54) is 28.1 Å². The highest BCUT2D eigenvalue weighted by molar-refractivity contribution is 6.31. The highest BCUT2D eigenvalue weighted by Gasteiger charge is 2.55. The number of hydrogen-bond donors (Lipinski definition) is 3. The Morgan fingerprint density at radius 1 is 1.14 bits per heavy atom. The molecule has 0 spiro atoms. The minimum absolute atomic E-state index is 0.195. The Labute approximate surface area is 262 Å². The highest BCUT2D eigenvalue weighted by Crippen LogP contribution is 2.38. The molecule has 2 aromatic carbocycles. The first kappa shape index (κ1) is 33.6. The van der Waals surface area contributed by atoms with E-state index in [-0.39, 0.29) is 12.4 Å². The molecule has 1 aliphatic heterocycles. The molecule has 0 bridgehead atoms. The molecule has 0 radical (unpaired) electrons. The number of rotatable bonds is 9. The lowest BCUT2D eigenvalue weighted by molar-refractivity contribution is -0.402. The summed E-state index contributed by atoms with van der Waals surface area (Å²) < 4.78 is 4.86. The number of carbonyl (C=O) groups excluding carboxylic acids is 3. The van der Waals surface area contributed by atoms with Crippen molar-refractivity contribution in [1.82, 2.24) is 15.4 Å². The van der Waals surface area contributed by atoms with Crippen molar-refractivity contribution in [2.45, 2.75) is 25.6 Å². The van der Waals surface area contributed by atoms with Gasteiger partial charge in [0.1, 0.15) is 17.0 Å². The van der Waals surface area contributed by atoms with Gasteiger partial charge < -0.3 is 24.9 Å². The third kappa shape index (κ3) is 8.12. The first-order chi connectivity index (χ1) is 20.9. The molecule has 1 aliphatic rings. The van der Waals surface area contributed by atoms with Crippen molar-refractivity contribution in [3.8, 4) is 0 Å². The van der Waals surface area contributed by atoms with E-state index in [1.807, 2.05) is 0 Å². The molecule has 232 valence electrons. The van der Waals surface area contributed by atoms with Crippen LogP contribution in [0.4, 0.5) is 26.8 Å². The predicted molar refractivity (Wildman–Crippen MR) is 166 cm³/mol. The van der Waals surface area contributed by atoms with Crippen molar-refractivity contribution in [2.75, 3.05) is 23.8 Å². The van der Waals surface area contributed by atoms with Crippen LogP contribution < -0.4 is 15.6 Å². The van der Waals surface area contributed by atoms with E-state index in [0.717, 1.165) is 0 Å². The fourth-order valence-electron chi connectivity index (χ4n) is 4.20. The third-order valence-electron chi connectivity index (χ3n) is 6.25. The fraction of sp³-hybridized carbons (Fsp3) is 0.214. The van der Waals surface area contributed by atoms with Gasteiger partial charge in [0.05, 0.1) is 18.2 Å². The zero-order valence-corrected chi connectivity index (χ0v) is 25.3. The average Bonchev–Trinajstić information content (AvgIpc) is 3.54. The van der Waals surface area contributed by atoms with Crippen LogP contribution in [0, 0.1) is 10.1 Å². The smallest absolute Gasteiger partial charge is 0.401 e. The number of nitro groups is 1. The number of nitrogens with zero attached hydrogens (tertiary/aromatic N) is 5. The number of aldehydes is 1. The predicted octanol–water partition coefficient (Wildman–Crippen LogP) is 5.87. The highest BCUT2D eigenvalue weighted by atomic mass is 35.5. The van der Waals surface area contributed by atoms with Gasteiger partial charge in [-0.3, -0.25) is 20.2 Å². The van der Waals surface area contributed by atoms with E-state index in [4.69, 9.17) is 27.6 Å². The van der Waals surface area contributed by atoms with Gasteiger partial charge in [0.15, 0.2) is 6.17 Å². The van der Waals surface area contributed by atoms with E-state index < -0.39 is 28.7 Å². The van der Waals surface area contributed by atoms with Crippen LogP contribution in [0.3, 0.4) is 0 Å². The number of hydrogen-bond acceptors (Lipinski definition) is 9. The lowest BCUT2D eigenvalue weighted by Gasteiger charge is -2.38. The molecule has 3 aromatic rings. The van der Waals surface area contributed by atoms with Crippen molar-refractivity contribution < 1.29 is 28.9 Å². The maximum atomic E-state index is 13.1. The molecule has 1 aromatic heterocycles. The van der Waals surface area contributed by atoms with E-state index in [1.54, 1.807) is 81.6 Å². The largest absolute Gasteiger partial charge is 0.433 e. The second-order valence-corrected chi connectivity index (χ2v) is 10.4. The molecule has 4 rings (SSSR count). The molecular weight excluding hydrogens is 617 g/mol. The minimum atomic E-state index is -1.13. The second-order valence-electron chi connectivity index (χ2n) is 9.51. The van der Waals surface area contributed by atoms with Crippen molar-refractivity contribution in [3.63, 3.8) is 0 Å². The van der Waals surface area contributed by atoms with Crippen molar-refractivity contribution >= 4 is 71.1 Å². The van der Waals surface area contributed by atoms with Crippen LogP contribution in [0.2, 0.25) is 10.0 Å². The maximum Gasteiger partial charge on any atom is 0.433 e. The monoisotopic (exact) mass is 645 g/mol. The standard InChI is InChI=1S/C20H20Cl2N4O4.C8H9N3O3/c1-20(2)17(26(30)18(28)23-15-7-3-13(21)4-8-15)25(19(29)24(20)11-12-27)16-9-5-14(22)6-10-16;1-9-10-6-2-3-7-4-5-8(14-7)11(12)13/h3-10,12,17,30H,11H2,1-2H3,(H,23,28);2-6,9H,1H3/b;3-2+,10-6+.